The van der Waals surface area contributed by atoms with Crippen molar-refractivity contribution >= 4 is 11.7 Å². The molecule has 0 spiro atoms. The minimum absolute atomic E-state index is 0.0560. The van der Waals surface area contributed by atoms with Crippen LogP contribution in [0.1, 0.15) is 18.4 Å². The van der Waals surface area contributed by atoms with Crippen LogP contribution in [0.5, 0.6) is 0 Å². The van der Waals surface area contributed by atoms with Crippen LogP contribution in [-0.4, -0.2) is 49.1 Å². The van der Waals surface area contributed by atoms with Crippen LogP contribution in [0, 0.1) is 0 Å². The summed E-state index contributed by atoms with van der Waals surface area (Å²) in [6.45, 7) is 2.53. The first-order chi connectivity index (χ1) is 9.60. The number of nitrogens with zero attached hydrogens (tertiary/aromatic N) is 2. The Balaban J connectivity index is 1.96. The molecule has 1 atom stereocenters. The molecule has 1 aromatic carbocycles. The molecule has 2 amide bonds. The van der Waals surface area contributed by atoms with Gasteiger partial charge in [-0.05, 0) is 44.1 Å². The van der Waals surface area contributed by atoms with Crippen LogP contribution in [0.15, 0.2) is 24.3 Å². The Morgan fingerprint density at radius 3 is 3.05 bits per heavy atom. The zero-order valence-electron chi connectivity index (χ0n) is 12.3. The number of benzene rings is 1. The van der Waals surface area contributed by atoms with Crippen LogP contribution in [0.4, 0.5) is 10.5 Å². The summed E-state index contributed by atoms with van der Waals surface area (Å²) in [6.07, 6.45) is 2.21. The van der Waals surface area contributed by atoms with Gasteiger partial charge >= 0.3 is 6.03 Å². The van der Waals surface area contributed by atoms with Gasteiger partial charge in [0.25, 0.3) is 0 Å². The molecule has 5 nitrogen and oxygen atoms in total. The predicted molar refractivity (Wildman–Crippen MR) is 81.6 cm³/mol. The second kappa shape index (κ2) is 6.72. The first-order valence-electron chi connectivity index (χ1n) is 7.11. The van der Waals surface area contributed by atoms with E-state index >= 15 is 0 Å². The molecule has 1 unspecified atom stereocenters. The Morgan fingerprint density at radius 2 is 2.35 bits per heavy atom. The summed E-state index contributed by atoms with van der Waals surface area (Å²) >= 11 is 0. The van der Waals surface area contributed by atoms with E-state index in [9.17, 15) is 4.79 Å². The molecule has 0 aliphatic carbocycles. The van der Waals surface area contributed by atoms with Gasteiger partial charge in [0.15, 0.2) is 0 Å². The minimum Gasteiger partial charge on any atom is -0.326 e. The largest absolute Gasteiger partial charge is 0.326 e. The van der Waals surface area contributed by atoms with E-state index in [0.29, 0.717) is 6.54 Å². The van der Waals surface area contributed by atoms with Crippen LogP contribution in [-0.2, 0) is 6.54 Å². The molecular weight excluding hydrogens is 252 g/mol. The van der Waals surface area contributed by atoms with E-state index in [0.717, 1.165) is 37.2 Å². The highest BCUT2D eigenvalue weighted by molar-refractivity contribution is 5.89. The second-order valence-corrected chi connectivity index (χ2v) is 5.50. The quantitative estimate of drug-likeness (QED) is 0.883. The third-order valence-electron chi connectivity index (χ3n) is 3.88. The fraction of sp³-hybridized carbons (Fsp3) is 0.533. The molecule has 0 bridgehead atoms. The van der Waals surface area contributed by atoms with Crippen LogP contribution < -0.4 is 11.1 Å². The number of piperidine rings is 1. The van der Waals surface area contributed by atoms with Gasteiger partial charge in [-0.3, -0.25) is 0 Å². The molecule has 1 aromatic rings. The maximum atomic E-state index is 12.3. The number of urea groups is 1. The molecule has 0 radical (unpaired) electrons. The molecular formula is C15H24N4O. The van der Waals surface area contributed by atoms with E-state index in [1.54, 1.807) is 0 Å². The number of rotatable bonds is 3. The summed E-state index contributed by atoms with van der Waals surface area (Å²) in [7, 11) is 3.97. The van der Waals surface area contributed by atoms with Crippen molar-refractivity contribution in [3.8, 4) is 0 Å². The first kappa shape index (κ1) is 14.8. The van der Waals surface area contributed by atoms with Crippen molar-refractivity contribution in [1.29, 1.82) is 0 Å². The maximum Gasteiger partial charge on any atom is 0.321 e. The standard InChI is InChI=1S/C15H24N4O/c1-18-8-4-7-14(11-18)19(2)15(20)17-13-6-3-5-12(9-13)10-16/h3,5-6,9,14H,4,7-8,10-11,16H2,1-2H3,(H,17,20). The summed E-state index contributed by atoms with van der Waals surface area (Å²) in [6, 6.07) is 7.89. The molecule has 0 aromatic heterocycles. The van der Waals surface area contributed by atoms with Crippen molar-refractivity contribution in [2.24, 2.45) is 5.73 Å². The second-order valence-electron chi connectivity index (χ2n) is 5.50. The fourth-order valence-electron chi connectivity index (χ4n) is 2.61. The number of amides is 2. The average Bonchev–Trinajstić information content (AvgIpc) is 2.46. The summed E-state index contributed by atoms with van der Waals surface area (Å²) in [4.78, 5) is 16.4. The lowest BCUT2D eigenvalue weighted by Crippen LogP contribution is -2.48. The molecule has 1 heterocycles. The number of carbonyl (C=O) groups excluding carboxylic acids is 1. The van der Waals surface area contributed by atoms with Crippen molar-refractivity contribution in [2.75, 3.05) is 32.5 Å². The first-order valence-corrected chi connectivity index (χ1v) is 7.11. The summed E-state index contributed by atoms with van der Waals surface area (Å²) in [5, 5.41) is 2.94. The summed E-state index contributed by atoms with van der Waals surface area (Å²) < 4.78 is 0. The normalized spacial score (nSPS) is 19.6. The number of hydrogen-bond donors (Lipinski definition) is 2. The highest BCUT2D eigenvalue weighted by atomic mass is 16.2. The van der Waals surface area contributed by atoms with Crippen LogP contribution in [0.2, 0.25) is 0 Å². The number of nitrogens with one attached hydrogen (secondary N) is 1. The molecule has 3 N–H and O–H groups in total. The summed E-state index contributed by atoms with van der Waals surface area (Å²) in [5.41, 5.74) is 7.43. The molecule has 2 rings (SSSR count). The molecule has 1 saturated heterocycles. The lowest BCUT2D eigenvalue weighted by atomic mass is 10.1. The van der Waals surface area contributed by atoms with Gasteiger partial charge in [-0.25, -0.2) is 4.79 Å². The molecule has 1 aliphatic rings. The van der Waals surface area contributed by atoms with Crippen LogP contribution >= 0.6 is 0 Å². The fourth-order valence-corrected chi connectivity index (χ4v) is 2.61. The highest BCUT2D eigenvalue weighted by Gasteiger charge is 2.24. The topological polar surface area (TPSA) is 61.6 Å². The van der Waals surface area contributed by atoms with E-state index in [1.807, 2.05) is 36.2 Å². The van der Waals surface area contributed by atoms with Crippen molar-refractivity contribution in [3.63, 3.8) is 0 Å². The SMILES string of the molecule is CN1CCCC(N(C)C(=O)Nc2cccc(CN)c2)C1. The zero-order chi connectivity index (χ0) is 14.5. The Morgan fingerprint density at radius 1 is 1.55 bits per heavy atom. The van der Waals surface area contributed by atoms with Gasteiger partial charge in [-0.1, -0.05) is 12.1 Å². The molecule has 110 valence electrons. The number of carbonyl (C=O) groups is 1. The van der Waals surface area contributed by atoms with Gasteiger partial charge in [-0.2, -0.15) is 0 Å². The monoisotopic (exact) mass is 276 g/mol. The van der Waals surface area contributed by atoms with E-state index < -0.39 is 0 Å². The lowest BCUT2D eigenvalue weighted by molar-refractivity contribution is 0.148. The van der Waals surface area contributed by atoms with Gasteiger partial charge in [0.1, 0.15) is 0 Å². The van der Waals surface area contributed by atoms with Crippen molar-refractivity contribution in [2.45, 2.75) is 25.4 Å². The predicted octanol–water partition coefficient (Wildman–Crippen LogP) is 1.70. The van der Waals surface area contributed by atoms with Crippen molar-refractivity contribution < 1.29 is 4.79 Å². The molecule has 1 aliphatic heterocycles. The third kappa shape index (κ3) is 3.71. The Hall–Kier alpha value is -1.59. The van der Waals surface area contributed by atoms with Crippen molar-refractivity contribution in [3.05, 3.63) is 29.8 Å². The Bertz CT molecular complexity index is 463. The van der Waals surface area contributed by atoms with Gasteiger partial charge in [0, 0.05) is 31.9 Å². The Labute approximate surface area is 120 Å². The van der Waals surface area contributed by atoms with E-state index in [-0.39, 0.29) is 12.1 Å². The van der Waals surface area contributed by atoms with Gasteiger partial charge in [0.2, 0.25) is 0 Å². The lowest BCUT2D eigenvalue weighted by Gasteiger charge is -2.35. The van der Waals surface area contributed by atoms with E-state index in [2.05, 4.69) is 17.3 Å². The maximum absolute atomic E-state index is 12.3. The number of nitrogens with two attached hydrogens (primary N) is 1. The molecule has 1 fully saturated rings. The molecule has 5 heteroatoms. The Kier molecular flexibility index (Phi) is 4.98. The van der Waals surface area contributed by atoms with E-state index in [1.165, 1.54) is 0 Å². The number of likely N-dealkylation sites (tertiary alicyclic amines) is 1. The minimum atomic E-state index is -0.0560. The molecule has 20 heavy (non-hydrogen) atoms. The van der Waals surface area contributed by atoms with Crippen molar-refractivity contribution in [1.82, 2.24) is 9.80 Å². The number of hydrogen-bond acceptors (Lipinski definition) is 3. The van der Waals surface area contributed by atoms with Gasteiger partial charge < -0.3 is 20.9 Å². The number of likely N-dealkylation sites (N-methyl/N-ethyl adjacent to an activating group) is 2. The van der Waals surface area contributed by atoms with Gasteiger partial charge in [0.05, 0.1) is 0 Å². The van der Waals surface area contributed by atoms with Gasteiger partial charge in [-0.15, -0.1) is 0 Å². The molecule has 0 saturated carbocycles. The third-order valence-corrected chi connectivity index (χ3v) is 3.88. The van der Waals surface area contributed by atoms with Crippen LogP contribution in [0.3, 0.4) is 0 Å². The van der Waals surface area contributed by atoms with E-state index in [4.69, 9.17) is 5.73 Å². The summed E-state index contributed by atoms with van der Waals surface area (Å²) in [5.74, 6) is 0. The number of anilines is 1. The highest BCUT2D eigenvalue weighted by Crippen LogP contribution is 2.16. The average molecular weight is 276 g/mol. The zero-order valence-corrected chi connectivity index (χ0v) is 12.3. The smallest absolute Gasteiger partial charge is 0.321 e. The van der Waals surface area contributed by atoms with Crippen LogP contribution in [0.25, 0.3) is 0 Å².